The molecule has 3 heterocycles. The highest BCUT2D eigenvalue weighted by atomic mass is 32.2. The number of aryl methyl sites for hydroxylation is 1. The van der Waals surface area contributed by atoms with Crippen LogP contribution in [0.4, 0.5) is 5.69 Å². The molecule has 1 unspecified atom stereocenters. The molecule has 0 spiro atoms. The Morgan fingerprint density at radius 1 is 1.21 bits per heavy atom. The van der Waals surface area contributed by atoms with E-state index in [1.807, 2.05) is 37.3 Å². The third-order valence-electron chi connectivity index (χ3n) is 4.66. The number of thiophene rings is 1. The average Bonchev–Trinajstić information content (AvgIpc) is 3.43. The molecule has 1 atom stereocenters. The van der Waals surface area contributed by atoms with Crippen LogP contribution in [0.15, 0.2) is 59.1 Å². The molecule has 7 nitrogen and oxygen atoms in total. The Labute approximate surface area is 167 Å². The first-order valence-electron chi connectivity index (χ1n) is 8.94. The lowest BCUT2D eigenvalue weighted by molar-refractivity contribution is -0.119. The Morgan fingerprint density at radius 2 is 2.00 bits per heavy atom. The largest absolute Gasteiger partial charge is 0.322 e. The van der Waals surface area contributed by atoms with Gasteiger partial charge >= 0.3 is 0 Å². The van der Waals surface area contributed by atoms with Crippen LogP contribution < -0.4 is 5.32 Å². The molecule has 4 rings (SSSR count). The predicted molar refractivity (Wildman–Crippen MR) is 108 cm³/mol. The van der Waals surface area contributed by atoms with Crippen LogP contribution in [-0.2, 0) is 14.8 Å². The number of hydrogen-bond acceptors (Lipinski definition) is 5. The summed E-state index contributed by atoms with van der Waals surface area (Å²) in [7, 11) is -3.67. The standard InChI is InChI=1S/C19H20N4O3S2/c1-14-9-10-18(27-14)28(25,26)23-11-5-8-17(23)19(24)21-15-12-20-22(13-15)16-6-3-2-4-7-16/h2-4,6-7,9-10,12-13,17H,5,8,11H2,1H3,(H,21,24). The van der Waals surface area contributed by atoms with Crippen molar-refractivity contribution in [3.63, 3.8) is 0 Å². The molecule has 1 fully saturated rings. The Morgan fingerprint density at radius 3 is 2.71 bits per heavy atom. The average molecular weight is 417 g/mol. The van der Waals surface area contributed by atoms with Crippen LogP contribution in [0.2, 0.25) is 0 Å². The molecule has 1 aliphatic heterocycles. The highest BCUT2D eigenvalue weighted by molar-refractivity contribution is 7.91. The number of carbonyl (C=O) groups is 1. The number of nitrogens with zero attached hydrogens (tertiary/aromatic N) is 3. The van der Waals surface area contributed by atoms with Crippen molar-refractivity contribution in [1.82, 2.24) is 14.1 Å². The summed E-state index contributed by atoms with van der Waals surface area (Å²) in [6.45, 7) is 2.21. The summed E-state index contributed by atoms with van der Waals surface area (Å²) in [4.78, 5) is 13.7. The molecule has 0 bridgehead atoms. The molecule has 146 valence electrons. The number of carbonyl (C=O) groups excluding carboxylic acids is 1. The second-order valence-electron chi connectivity index (χ2n) is 6.64. The molecule has 0 aliphatic carbocycles. The number of hydrogen-bond donors (Lipinski definition) is 1. The zero-order valence-corrected chi connectivity index (χ0v) is 16.9. The van der Waals surface area contributed by atoms with Crippen LogP contribution in [0.3, 0.4) is 0 Å². The summed E-state index contributed by atoms with van der Waals surface area (Å²) in [6, 6.07) is 12.2. The van der Waals surface area contributed by atoms with Gasteiger partial charge in [0, 0.05) is 11.4 Å². The molecule has 1 amide bonds. The van der Waals surface area contributed by atoms with Crippen LogP contribution in [0, 0.1) is 6.92 Å². The third kappa shape index (κ3) is 3.60. The van der Waals surface area contributed by atoms with Crippen molar-refractivity contribution < 1.29 is 13.2 Å². The highest BCUT2D eigenvalue weighted by Crippen LogP contribution is 2.30. The monoisotopic (exact) mass is 416 g/mol. The number of aromatic nitrogens is 2. The SMILES string of the molecule is Cc1ccc(S(=O)(=O)N2CCCC2C(=O)Nc2cnn(-c3ccccc3)c2)s1. The van der Waals surface area contributed by atoms with Gasteiger partial charge in [0.25, 0.3) is 10.0 Å². The van der Waals surface area contributed by atoms with Crippen LogP contribution in [0.5, 0.6) is 0 Å². The molecule has 0 saturated carbocycles. The summed E-state index contributed by atoms with van der Waals surface area (Å²) in [5.41, 5.74) is 1.41. The van der Waals surface area contributed by atoms with Gasteiger partial charge in [-0.15, -0.1) is 11.3 Å². The van der Waals surface area contributed by atoms with Crippen molar-refractivity contribution in [3.05, 3.63) is 59.7 Å². The quantitative estimate of drug-likeness (QED) is 0.693. The van der Waals surface area contributed by atoms with E-state index in [-0.39, 0.29) is 10.1 Å². The molecule has 1 N–H and O–H groups in total. The molecule has 9 heteroatoms. The van der Waals surface area contributed by atoms with Crippen molar-refractivity contribution in [2.75, 3.05) is 11.9 Å². The van der Waals surface area contributed by atoms with Crippen molar-refractivity contribution in [2.24, 2.45) is 0 Å². The first-order valence-corrected chi connectivity index (χ1v) is 11.2. The summed E-state index contributed by atoms with van der Waals surface area (Å²) in [5.74, 6) is -0.332. The Hall–Kier alpha value is -2.49. The first kappa shape index (κ1) is 18.9. The van der Waals surface area contributed by atoms with Crippen LogP contribution in [0.1, 0.15) is 17.7 Å². The Kier molecular flexibility index (Phi) is 5.05. The number of amides is 1. The molecule has 1 saturated heterocycles. The summed E-state index contributed by atoms with van der Waals surface area (Å²) in [5, 5.41) is 7.06. The molecule has 28 heavy (non-hydrogen) atoms. The molecular formula is C19H20N4O3S2. The fourth-order valence-electron chi connectivity index (χ4n) is 3.29. The topological polar surface area (TPSA) is 84.3 Å². The highest BCUT2D eigenvalue weighted by Gasteiger charge is 2.40. The molecule has 1 aromatic carbocycles. The zero-order chi connectivity index (χ0) is 19.7. The van der Waals surface area contributed by atoms with E-state index in [2.05, 4.69) is 10.4 Å². The van der Waals surface area contributed by atoms with Gasteiger partial charge in [0.15, 0.2) is 0 Å². The normalized spacial score (nSPS) is 17.7. The van der Waals surface area contributed by atoms with Gasteiger partial charge in [0.1, 0.15) is 10.3 Å². The number of sulfonamides is 1. The van der Waals surface area contributed by atoms with Gasteiger partial charge in [-0.1, -0.05) is 18.2 Å². The minimum absolute atomic E-state index is 0.279. The molecule has 1 aliphatic rings. The second-order valence-corrected chi connectivity index (χ2v) is 10.0. The van der Waals surface area contributed by atoms with E-state index in [0.717, 1.165) is 10.6 Å². The summed E-state index contributed by atoms with van der Waals surface area (Å²) in [6.07, 6.45) is 4.43. The van der Waals surface area contributed by atoms with Gasteiger partial charge in [-0.25, -0.2) is 13.1 Å². The Bertz CT molecular complexity index is 1090. The maximum Gasteiger partial charge on any atom is 0.253 e. The minimum atomic E-state index is -3.67. The van der Waals surface area contributed by atoms with E-state index < -0.39 is 16.1 Å². The summed E-state index contributed by atoms with van der Waals surface area (Å²) < 4.78 is 29.1. The third-order valence-corrected chi connectivity index (χ3v) is 8.03. The van der Waals surface area contributed by atoms with Crippen LogP contribution in [0.25, 0.3) is 5.69 Å². The van der Waals surface area contributed by atoms with Crippen molar-refractivity contribution in [3.8, 4) is 5.69 Å². The van der Waals surface area contributed by atoms with Gasteiger partial charge in [0.05, 0.1) is 23.8 Å². The first-order chi connectivity index (χ1) is 13.4. The summed E-state index contributed by atoms with van der Waals surface area (Å²) >= 11 is 1.23. The number of benzene rings is 1. The van der Waals surface area contributed by atoms with Gasteiger partial charge in [-0.2, -0.15) is 9.40 Å². The fraction of sp³-hybridized carbons (Fsp3) is 0.263. The second kappa shape index (κ2) is 7.50. The van der Waals surface area contributed by atoms with E-state index >= 15 is 0 Å². The van der Waals surface area contributed by atoms with Gasteiger partial charge < -0.3 is 5.32 Å². The van der Waals surface area contributed by atoms with E-state index in [9.17, 15) is 13.2 Å². The predicted octanol–water partition coefficient (Wildman–Crippen LogP) is 3.03. The number of nitrogens with one attached hydrogen (secondary N) is 1. The lowest BCUT2D eigenvalue weighted by atomic mass is 10.2. The van der Waals surface area contributed by atoms with E-state index in [1.165, 1.54) is 15.6 Å². The molecule has 0 radical (unpaired) electrons. The maximum atomic E-state index is 12.9. The lowest BCUT2D eigenvalue weighted by Gasteiger charge is -2.22. The van der Waals surface area contributed by atoms with Crippen LogP contribution >= 0.6 is 11.3 Å². The minimum Gasteiger partial charge on any atom is -0.322 e. The van der Waals surface area contributed by atoms with Gasteiger partial charge in [-0.3, -0.25) is 4.79 Å². The smallest absolute Gasteiger partial charge is 0.253 e. The molecule has 3 aromatic rings. The van der Waals surface area contributed by atoms with E-state index in [4.69, 9.17) is 0 Å². The van der Waals surface area contributed by atoms with Gasteiger partial charge in [-0.05, 0) is 44.0 Å². The number of anilines is 1. The van der Waals surface area contributed by atoms with E-state index in [1.54, 1.807) is 29.2 Å². The Balaban J connectivity index is 1.51. The fourth-order valence-corrected chi connectivity index (χ4v) is 6.36. The number of para-hydroxylation sites is 1. The van der Waals surface area contributed by atoms with Gasteiger partial charge in [0.2, 0.25) is 5.91 Å². The molecule has 2 aromatic heterocycles. The zero-order valence-electron chi connectivity index (χ0n) is 15.3. The van der Waals surface area contributed by atoms with E-state index in [0.29, 0.717) is 25.1 Å². The number of rotatable bonds is 5. The lowest BCUT2D eigenvalue weighted by Crippen LogP contribution is -2.42. The van der Waals surface area contributed by atoms with Crippen LogP contribution in [-0.4, -0.2) is 41.0 Å². The van der Waals surface area contributed by atoms with Crippen molar-refractivity contribution in [1.29, 1.82) is 0 Å². The maximum absolute atomic E-state index is 12.9. The van der Waals surface area contributed by atoms with Crippen molar-refractivity contribution >= 4 is 33.0 Å². The van der Waals surface area contributed by atoms with Crippen molar-refractivity contribution in [2.45, 2.75) is 30.0 Å². The molecular weight excluding hydrogens is 396 g/mol.